The highest BCUT2D eigenvalue weighted by Gasteiger charge is 2.10. The molecule has 6 nitrogen and oxygen atoms in total. The van der Waals surface area contributed by atoms with E-state index in [0.717, 1.165) is 12.0 Å². The van der Waals surface area contributed by atoms with Crippen LogP contribution in [0.5, 0.6) is 0 Å². The normalized spacial score (nSPS) is 11.4. The Morgan fingerprint density at radius 1 is 0.929 bits per heavy atom. The number of esters is 1. The first-order valence-corrected chi connectivity index (χ1v) is 9.29. The van der Waals surface area contributed by atoms with E-state index in [1.54, 1.807) is 24.3 Å². The first-order chi connectivity index (χ1) is 13.4. The summed E-state index contributed by atoms with van der Waals surface area (Å²) in [6.45, 7) is 5.37. The van der Waals surface area contributed by atoms with Crippen LogP contribution >= 0.6 is 0 Å². The second kappa shape index (κ2) is 10.3. The van der Waals surface area contributed by atoms with E-state index in [4.69, 9.17) is 4.74 Å². The zero-order valence-electron chi connectivity index (χ0n) is 16.5. The monoisotopic (exact) mass is 382 g/mol. The van der Waals surface area contributed by atoms with E-state index >= 15 is 0 Å². The molecule has 6 heteroatoms. The fourth-order valence-electron chi connectivity index (χ4n) is 2.60. The van der Waals surface area contributed by atoms with Crippen molar-refractivity contribution < 1.29 is 19.1 Å². The maximum atomic E-state index is 12.0. The zero-order valence-corrected chi connectivity index (χ0v) is 16.5. The van der Waals surface area contributed by atoms with Gasteiger partial charge in [0.15, 0.2) is 6.61 Å². The number of hydrogen-bond acceptors (Lipinski definition) is 4. The summed E-state index contributed by atoms with van der Waals surface area (Å²) in [6, 6.07) is 14.5. The fourth-order valence-corrected chi connectivity index (χ4v) is 2.60. The number of benzene rings is 2. The van der Waals surface area contributed by atoms with Crippen LogP contribution in [0.25, 0.3) is 0 Å². The first kappa shape index (κ1) is 21.2. The molecule has 0 aliphatic carbocycles. The molecule has 0 bridgehead atoms. The lowest BCUT2D eigenvalue weighted by Crippen LogP contribution is -2.21. The number of rotatable bonds is 8. The summed E-state index contributed by atoms with van der Waals surface area (Å²) in [5.41, 5.74) is 3.28. The van der Waals surface area contributed by atoms with Crippen LogP contribution < -0.4 is 10.6 Å². The summed E-state index contributed by atoms with van der Waals surface area (Å²) >= 11 is 0. The molecule has 2 aromatic rings. The van der Waals surface area contributed by atoms with Gasteiger partial charge in [-0.15, -0.1) is 0 Å². The summed E-state index contributed by atoms with van der Waals surface area (Å²) < 4.78 is 5.03. The van der Waals surface area contributed by atoms with E-state index in [1.165, 1.54) is 12.5 Å². The summed E-state index contributed by atoms with van der Waals surface area (Å²) in [7, 11) is 0. The number of nitrogens with one attached hydrogen (secondary N) is 2. The van der Waals surface area contributed by atoms with E-state index in [9.17, 15) is 14.4 Å². The lowest BCUT2D eigenvalue weighted by molar-refractivity contribution is -0.146. The molecule has 0 aromatic heterocycles. The Labute approximate surface area is 165 Å². The van der Waals surface area contributed by atoms with E-state index in [-0.39, 0.29) is 24.8 Å². The van der Waals surface area contributed by atoms with E-state index in [1.807, 2.05) is 24.3 Å². The second-order valence-electron chi connectivity index (χ2n) is 6.70. The summed E-state index contributed by atoms with van der Waals surface area (Å²) in [6.07, 6.45) is 1.11. The van der Waals surface area contributed by atoms with Crippen LogP contribution in [0.15, 0.2) is 48.5 Å². The quantitative estimate of drug-likeness (QED) is 0.679. The van der Waals surface area contributed by atoms with Gasteiger partial charge >= 0.3 is 5.97 Å². The molecule has 0 aliphatic rings. The van der Waals surface area contributed by atoms with Crippen LogP contribution in [-0.2, 0) is 25.5 Å². The number of carbonyl (C=O) groups excluding carboxylic acids is 3. The predicted octanol–water partition coefficient (Wildman–Crippen LogP) is 3.88. The molecule has 0 unspecified atom stereocenters. The molecule has 28 heavy (non-hydrogen) atoms. The van der Waals surface area contributed by atoms with Crippen molar-refractivity contribution in [3.8, 4) is 0 Å². The topological polar surface area (TPSA) is 84.5 Å². The third-order valence-corrected chi connectivity index (χ3v) is 4.36. The molecule has 2 rings (SSSR count). The molecule has 0 saturated carbocycles. The molecule has 0 fully saturated rings. The Morgan fingerprint density at radius 2 is 1.50 bits per heavy atom. The highest BCUT2D eigenvalue weighted by molar-refractivity contribution is 5.93. The second-order valence-corrected chi connectivity index (χ2v) is 6.70. The molecule has 0 heterocycles. The molecule has 148 valence electrons. The molecule has 0 radical (unpaired) electrons. The standard InChI is InChI=1S/C22H26N2O4/c1-4-15(2)18-7-11-20(12-8-18)24-21(26)14-28-22(27)13-17-5-9-19(10-6-17)23-16(3)25/h5-12,15H,4,13-14H2,1-3H3,(H,23,25)(H,24,26)/t15-/m0/s1. The third kappa shape index (κ3) is 6.87. The molecular weight excluding hydrogens is 356 g/mol. The van der Waals surface area contributed by atoms with Crippen molar-refractivity contribution >= 4 is 29.2 Å². The number of anilines is 2. The Hall–Kier alpha value is -3.15. The molecule has 2 aromatic carbocycles. The smallest absolute Gasteiger partial charge is 0.310 e. The average molecular weight is 382 g/mol. The fraction of sp³-hybridized carbons (Fsp3) is 0.318. The molecule has 0 aliphatic heterocycles. The minimum Gasteiger partial charge on any atom is -0.455 e. The highest BCUT2D eigenvalue weighted by Crippen LogP contribution is 2.20. The van der Waals surface area contributed by atoms with Gasteiger partial charge in [0.2, 0.25) is 5.91 Å². The number of ether oxygens (including phenoxy) is 1. The van der Waals surface area contributed by atoms with E-state index in [2.05, 4.69) is 24.5 Å². The Kier molecular flexibility index (Phi) is 7.75. The van der Waals surface area contributed by atoms with Crippen molar-refractivity contribution in [1.29, 1.82) is 0 Å². The molecule has 0 spiro atoms. The SMILES string of the molecule is CC[C@H](C)c1ccc(NC(=O)COC(=O)Cc2ccc(NC(C)=O)cc2)cc1. The van der Waals surface area contributed by atoms with Crippen molar-refractivity contribution in [2.75, 3.05) is 17.2 Å². The molecule has 2 amide bonds. The van der Waals surface area contributed by atoms with Gasteiger partial charge in [0.25, 0.3) is 5.91 Å². The van der Waals surface area contributed by atoms with Gasteiger partial charge in [-0.3, -0.25) is 14.4 Å². The number of amides is 2. The van der Waals surface area contributed by atoms with Gasteiger partial charge in [-0.25, -0.2) is 0 Å². The maximum absolute atomic E-state index is 12.0. The lowest BCUT2D eigenvalue weighted by Gasteiger charge is -2.11. The van der Waals surface area contributed by atoms with Gasteiger partial charge in [0.1, 0.15) is 0 Å². The van der Waals surface area contributed by atoms with Gasteiger partial charge in [-0.2, -0.15) is 0 Å². The number of carbonyl (C=O) groups is 3. The van der Waals surface area contributed by atoms with E-state index < -0.39 is 5.97 Å². The van der Waals surface area contributed by atoms with Crippen LogP contribution in [0.1, 0.15) is 44.2 Å². The maximum Gasteiger partial charge on any atom is 0.310 e. The molecule has 1 atom stereocenters. The average Bonchev–Trinajstić information content (AvgIpc) is 2.67. The summed E-state index contributed by atoms with van der Waals surface area (Å²) in [5.74, 6) is -0.564. The largest absolute Gasteiger partial charge is 0.455 e. The predicted molar refractivity (Wildman–Crippen MR) is 109 cm³/mol. The van der Waals surface area contributed by atoms with Gasteiger partial charge in [-0.1, -0.05) is 38.1 Å². The third-order valence-electron chi connectivity index (χ3n) is 4.36. The van der Waals surface area contributed by atoms with Crippen LogP contribution in [0.4, 0.5) is 11.4 Å². The van der Waals surface area contributed by atoms with Crippen molar-refractivity contribution in [3.05, 3.63) is 59.7 Å². The highest BCUT2D eigenvalue weighted by atomic mass is 16.5. The van der Waals surface area contributed by atoms with Crippen molar-refractivity contribution in [3.63, 3.8) is 0 Å². The Bertz CT molecular complexity index is 813. The van der Waals surface area contributed by atoms with Crippen LogP contribution in [-0.4, -0.2) is 24.4 Å². The summed E-state index contributed by atoms with van der Waals surface area (Å²) in [4.78, 5) is 34.9. The van der Waals surface area contributed by atoms with E-state index in [0.29, 0.717) is 17.3 Å². The Morgan fingerprint density at radius 3 is 2.07 bits per heavy atom. The molecule has 0 saturated heterocycles. The van der Waals surface area contributed by atoms with Gasteiger partial charge in [-0.05, 0) is 47.7 Å². The van der Waals surface area contributed by atoms with Crippen molar-refractivity contribution in [1.82, 2.24) is 0 Å². The van der Waals surface area contributed by atoms with Crippen LogP contribution in [0.3, 0.4) is 0 Å². The molecular formula is C22H26N2O4. The Balaban J connectivity index is 1.77. The van der Waals surface area contributed by atoms with Gasteiger partial charge < -0.3 is 15.4 Å². The number of hydrogen-bond donors (Lipinski definition) is 2. The van der Waals surface area contributed by atoms with Crippen molar-refractivity contribution in [2.45, 2.75) is 39.5 Å². The van der Waals surface area contributed by atoms with Gasteiger partial charge in [0.05, 0.1) is 6.42 Å². The minimum atomic E-state index is -0.491. The van der Waals surface area contributed by atoms with Crippen LogP contribution in [0, 0.1) is 0 Å². The van der Waals surface area contributed by atoms with Crippen molar-refractivity contribution in [2.24, 2.45) is 0 Å². The molecule has 2 N–H and O–H groups in total. The zero-order chi connectivity index (χ0) is 20.5. The minimum absolute atomic E-state index is 0.0528. The van der Waals surface area contributed by atoms with Crippen LogP contribution in [0.2, 0.25) is 0 Å². The van der Waals surface area contributed by atoms with Gasteiger partial charge in [0, 0.05) is 18.3 Å². The first-order valence-electron chi connectivity index (χ1n) is 9.29. The lowest BCUT2D eigenvalue weighted by atomic mass is 9.99. The summed E-state index contributed by atoms with van der Waals surface area (Å²) in [5, 5.41) is 5.37.